The number of hydrogen-bond donors (Lipinski definition) is 3. The Bertz CT molecular complexity index is 409. The van der Waals surface area contributed by atoms with Gasteiger partial charge >= 0.3 is 0 Å². The van der Waals surface area contributed by atoms with E-state index in [1.165, 1.54) is 0 Å². The Hall–Kier alpha value is -1.32. The molecule has 0 aliphatic rings. The molecule has 0 aromatic rings. The Morgan fingerprint density at radius 3 is 1.78 bits per heavy atom. The predicted octanol–water partition coefficient (Wildman–Crippen LogP) is 2.69. The summed E-state index contributed by atoms with van der Waals surface area (Å²) in [5, 5.41) is 51.5. The monoisotopic (exact) mass is 392 g/mol. The van der Waals surface area contributed by atoms with E-state index in [2.05, 4.69) is 0 Å². The summed E-state index contributed by atoms with van der Waals surface area (Å²) in [5.41, 5.74) is 0. The average molecular weight is 392 g/mol. The van der Waals surface area contributed by atoms with Crippen LogP contribution in [0.2, 0.25) is 0 Å². The van der Waals surface area contributed by atoms with Crippen molar-refractivity contribution in [3.63, 3.8) is 0 Å². The van der Waals surface area contributed by atoms with Crippen LogP contribution in [0.4, 0.5) is 0 Å². The van der Waals surface area contributed by atoms with Crippen LogP contribution in [0, 0.1) is 20.2 Å². The van der Waals surface area contributed by atoms with Gasteiger partial charge in [-0.2, -0.15) is 0 Å². The molecule has 160 valence electrons. The fourth-order valence-electron chi connectivity index (χ4n) is 3.19. The first-order valence-corrected chi connectivity index (χ1v) is 10.1. The first kappa shape index (κ1) is 25.7. The molecule has 4 unspecified atom stereocenters. The minimum absolute atomic E-state index is 0.176. The van der Waals surface area contributed by atoms with E-state index >= 15 is 0 Å². The van der Waals surface area contributed by atoms with Crippen molar-refractivity contribution >= 4 is 0 Å². The van der Waals surface area contributed by atoms with Crippen molar-refractivity contribution in [2.24, 2.45) is 0 Å². The molecular weight excluding hydrogens is 356 g/mol. The van der Waals surface area contributed by atoms with E-state index in [0.717, 1.165) is 44.9 Å². The second kappa shape index (κ2) is 15.7. The lowest BCUT2D eigenvalue weighted by Crippen LogP contribution is -2.42. The SMILES string of the molecule is CCCCCC(C(O)CC(C(O)CCCCCCCCO)[N+](=O)[O-])[N+](=O)[O-]. The third-order valence-electron chi connectivity index (χ3n) is 4.92. The first-order valence-electron chi connectivity index (χ1n) is 10.1. The molecule has 27 heavy (non-hydrogen) atoms. The molecule has 0 fully saturated rings. The smallest absolute Gasteiger partial charge is 0.241 e. The Labute approximate surface area is 161 Å². The molecule has 0 heterocycles. The minimum Gasteiger partial charge on any atom is -0.396 e. The summed E-state index contributed by atoms with van der Waals surface area (Å²) >= 11 is 0. The number of nitrogens with zero attached hydrogens (tertiary/aromatic N) is 2. The molecule has 9 heteroatoms. The molecule has 9 nitrogen and oxygen atoms in total. The van der Waals surface area contributed by atoms with E-state index in [1.807, 2.05) is 6.92 Å². The van der Waals surface area contributed by atoms with E-state index in [0.29, 0.717) is 12.8 Å². The van der Waals surface area contributed by atoms with Crippen molar-refractivity contribution in [3.8, 4) is 0 Å². The van der Waals surface area contributed by atoms with E-state index in [-0.39, 0.29) is 19.4 Å². The van der Waals surface area contributed by atoms with Gasteiger partial charge in [-0.05, 0) is 19.3 Å². The molecule has 0 saturated heterocycles. The molecule has 0 radical (unpaired) electrons. The maximum atomic E-state index is 11.3. The van der Waals surface area contributed by atoms with Crippen molar-refractivity contribution in [1.82, 2.24) is 0 Å². The topological polar surface area (TPSA) is 147 Å². The van der Waals surface area contributed by atoms with Crippen molar-refractivity contribution in [2.75, 3.05) is 6.61 Å². The van der Waals surface area contributed by atoms with Crippen LogP contribution in [0.25, 0.3) is 0 Å². The zero-order valence-electron chi connectivity index (χ0n) is 16.4. The van der Waals surface area contributed by atoms with Crippen LogP contribution >= 0.6 is 0 Å². The van der Waals surface area contributed by atoms with Crippen molar-refractivity contribution < 1.29 is 25.2 Å². The third-order valence-corrected chi connectivity index (χ3v) is 4.92. The van der Waals surface area contributed by atoms with Gasteiger partial charge in [0.15, 0.2) is 0 Å². The molecule has 0 bridgehead atoms. The maximum absolute atomic E-state index is 11.3. The Morgan fingerprint density at radius 2 is 1.26 bits per heavy atom. The predicted molar refractivity (Wildman–Crippen MR) is 102 cm³/mol. The number of hydrogen-bond acceptors (Lipinski definition) is 7. The van der Waals surface area contributed by atoms with Crippen LogP contribution in [-0.2, 0) is 0 Å². The number of nitro groups is 2. The van der Waals surface area contributed by atoms with Gasteiger partial charge in [-0.25, -0.2) is 0 Å². The molecule has 0 aliphatic carbocycles. The van der Waals surface area contributed by atoms with E-state index in [1.54, 1.807) is 0 Å². The second-order valence-electron chi connectivity index (χ2n) is 7.21. The van der Waals surface area contributed by atoms with Gasteiger partial charge in [-0.1, -0.05) is 51.9 Å². The largest absolute Gasteiger partial charge is 0.396 e. The number of unbranched alkanes of at least 4 members (excludes halogenated alkanes) is 7. The third kappa shape index (κ3) is 11.9. The lowest BCUT2D eigenvalue weighted by atomic mass is 9.94. The molecule has 0 aromatic carbocycles. The van der Waals surface area contributed by atoms with Gasteiger partial charge < -0.3 is 15.3 Å². The highest BCUT2D eigenvalue weighted by atomic mass is 16.6. The zero-order valence-corrected chi connectivity index (χ0v) is 16.4. The van der Waals surface area contributed by atoms with E-state index < -0.39 is 40.6 Å². The molecular formula is C18H36N2O7. The molecule has 3 N–H and O–H groups in total. The Morgan fingerprint density at radius 1 is 0.741 bits per heavy atom. The zero-order chi connectivity index (χ0) is 20.7. The highest BCUT2D eigenvalue weighted by molar-refractivity contribution is 4.77. The quantitative estimate of drug-likeness (QED) is 0.184. The van der Waals surface area contributed by atoms with Gasteiger partial charge in [0.2, 0.25) is 12.1 Å². The van der Waals surface area contributed by atoms with Crippen LogP contribution in [-0.4, -0.2) is 56.1 Å². The van der Waals surface area contributed by atoms with Crippen LogP contribution in [0.3, 0.4) is 0 Å². The summed E-state index contributed by atoms with van der Waals surface area (Å²) in [6.07, 6.45) is 4.64. The normalized spacial score (nSPS) is 15.9. The lowest BCUT2D eigenvalue weighted by molar-refractivity contribution is -0.554. The van der Waals surface area contributed by atoms with E-state index in [9.17, 15) is 30.4 Å². The van der Waals surface area contributed by atoms with Gasteiger partial charge in [-0.15, -0.1) is 0 Å². The molecule has 0 amide bonds. The molecule has 0 spiro atoms. The van der Waals surface area contributed by atoms with E-state index in [4.69, 9.17) is 5.11 Å². The highest BCUT2D eigenvalue weighted by Gasteiger charge is 2.38. The summed E-state index contributed by atoms with van der Waals surface area (Å²) in [7, 11) is 0. The van der Waals surface area contributed by atoms with Crippen LogP contribution in [0.15, 0.2) is 0 Å². The summed E-state index contributed by atoms with van der Waals surface area (Å²) in [6, 6.07) is -2.64. The van der Waals surface area contributed by atoms with Gasteiger partial charge in [-0.3, -0.25) is 20.2 Å². The van der Waals surface area contributed by atoms with Crippen molar-refractivity contribution in [3.05, 3.63) is 20.2 Å². The highest BCUT2D eigenvalue weighted by Crippen LogP contribution is 2.19. The first-order chi connectivity index (χ1) is 12.8. The number of aliphatic hydroxyl groups excluding tert-OH is 3. The second-order valence-corrected chi connectivity index (χ2v) is 7.21. The van der Waals surface area contributed by atoms with Crippen LogP contribution in [0.5, 0.6) is 0 Å². The maximum Gasteiger partial charge on any atom is 0.241 e. The Balaban J connectivity index is 4.45. The number of aliphatic hydroxyl groups is 3. The molecule has 0 aliphatic heterocycles. The fraction of sp³-hybridized carbons (Fsp3) is 1.00. The molecule has 0 rings (SSSR count). The summed E-state index contributed by atoms with van der Waals surface area (Å²) in [6.45, 7) is 2.14. The molecule has 0 saturated carbocycles. The lowest BCUT2D eigenvalue weighted by Gasteiger charge is -2.21. The van der Waals surface area contributed by atoms with Gasteiger partial charge in [0.1, 0.15) is 12.2 Å². The van der Waals surface area contributed by atoms with Crippen LogP contribution in [0.1, 0.15) is 84.0 Å². The Kier molecular flexibility index (Phi) is 14.9. The average Bonchev–Trinajstić information content (AvgIpc) is 2.61. The standard InChI is InChI=1S/C18H36N2O7/c1-2-3-8-11-15(19(24)25)18(23)14-16(20(26)27)17(22)12-9-6-4-5-7-10-13-21/h15-18,21-23H,2-14H2,1H3. The molecule has 4 atom stereocenters. The van der Waals surface area contributed by atoms with Crippen molar-refractivity contribution in [2.45, 2.75) is 108 Å². The number of rotatable bonds is 18. The molecule has 0 aromatic heterocycles. The summed E-state index contributed by atoms with van der Waals surface area (Å²) in [5.74, 6) is 0. The fourth-order valence-corrected chi connectivity index (χ4v) is 3.19. The minimum atomic E-state index is -1.44. The summed E-state index contributed by atoms with van der Waals surface area (Å²) < 4.78 is 0. The van der Waals surface area contributed by atoms with Gasteiger partial charge in [0.25, 0.3) is 0 Å². The van der Waals surface area contributed by atoms with Crippen molar-refractivity contribution in [1.29, 1.82) is 0 Å². The van der Waals surface area contributed by atoms with Gasteiger partial charge in [0, 0.05) is 22.9 Å². The van der Waals surface area contributed by atoms with Gasteiger partial charge in [0.05, 0.1) is 6.42 Å². The van der Waals surface area contributed by atoms with Crippen LogP contribution < -0.4 is 0 Å². The summed E-state index contributed by atoms with van der Waals surface area (Å²) in [4.78, 5) is 21.2.